The summed E-state index contributed by atoms with van der Waals surface area (Å²) < 4.78 is 31.3. The summed E-state index contributed by atoms with van der Waals surface area (Å²) in [5.41, 5.74) is 1.77. The normalized spacial score (nSPS) is 11.6. The van der Waals surface area contributed by atoms with E-state index in [9.17, 15) is 8.42 Å². The van der Waals surface area contributed by atoms with E-state index in [0.717, 1.165) is 5.56 Å². The molecule has 0 radical (unpaired) electrons. The van der Waals surface area contributed by atoms with Crippen molar-refractivity contribution in [2.75, 3.05) is 0 Å². The van der Waals surface area contributed by atoms with Gasteiger partial charge in [0, 0.05) is 0 Å². The lowest BCUT2D eigenvalue weighted by atomic mass is 10.0. The highest BCUT2D eigenvalue weighted by atomic mass is 32.2. The number of tetrazole rings is 1. The zero-order valence-corrected chi connectivity index (χ0v) is 14.0. The molecule has 0 bridgehead atoms. The molecular formula is C16H16N4O3S. The van der Waals surface area contributed by atoms with Crippen LogP contribution in [0, 0.1) is 0 Å². The van der Waals surface area contributed by atoms with Gasteiger partial charge in [0.1, 0.15) is 17.0 Å². The van der Waals surface area contributed by atoms with Gasteiger partial charge in [-0.05, 0) is 58.3 Å². The first kappa shape index (κ1) is 16.1. The summed E-state index contributed by atoms with van der Waals surface area (Å²) in [5.74, 6) is 0.557. The molecule has 0 spiro atoms. The van der Waals surface area contributed by atoms with Crippen LogP contribution < -0.4 is 4.18 Å². The zero-order chi connectivity index (χ0) is 17.2. The summed E-state index contributed by atoms with van der Waals surface area (Å²) in [6, 6.07) is 13.1. The Morgan fingerprint density at radius 1 is 1.00 bits per heavy atom. The van der Waals surface area contributed by atoms with E-state index in [2.05, 4.69) is 15.5 Å². The second-order valence-corrected chi connectivity index (χ2v) is 7.06. The van der Waals surface area contributed by atoms with Crippen LogP contribution in [0.15, 0.2) is 59.8 Å². The maximum atomic E-state index is 12.3. The van der Waals surface area contributed by atoms with Gasteiger partial charge in [0.05, 0.1) is 5.69 Å². The molecule has 1 aromatic heterocycles. The fraction of sp³-hybridized carbons (Fsp3) is 0.188. The van der Waals surface area contributed by atoms with E-state index in [1.165, 1.54) is 11.0 Å². The summed E-state index contributed by atoms with van der Waals surface area (Å²) >= 11 is 0. The Bertz CT molecular complexity index is 903. The largest absolute Gasteiger partial charge is 0.379 e. The van der Waals surface area contributed by atoms with Crippen molar-refractivity contribution in [2.24, 2.45) is 0 Å². The van der Waals surface area contributed by atoms with Crippen molar-refractivity contribution in [1.29, 1.82) is 0 Å². The van der Waals surface area contributed by atoms with E-state index in [0.29, 0.717) is 11.6 Å². The van der Waals surface area contributed by atoms with Crippen molar-refractivity contribution < 1.29 is 12.6 Å². The topological polar surface area (TPSA) is 87.0 Å². The molecule has 2 aromatic carbocycles. The molecule has 24 heavy (non-hydrogen) atoms. The number of hydrogen-bond acceptors (Lipinski definition) is 6. The monoisotopic (exact) mass is 344 g/mol. The van der Waals surface area contributed by atoms with Gasteiger partial charge in [-0.25, -0.2) is 4.68 Å². The third kappa shape index (κ3) is 3.43. The molecule has 3 rings (SSSR count). The molecule has 0 fully saturated rings. The van der Waals surface area contributed by atoms with Crippen LogP contribution in [-0.2, 0) is 10.1 Å². The molecule has 0 amide bonds. The van der Waals surface area contributed by atoms with Crippen LogP contribution in [0.3, 0.4) is 0 Å². The van der Waals surface area contributed by atoms with Crippen LogP contribution in [0.25, 0.3) is 5.69 Å². The Morgan fingerprint density at radius 2 is 1.67 bits per heavy atom. The molecule has 0 N–H and O–H groups in total. The average Bonchev–Trinajstić information content (AvgIpc) is 3.10. The second-order valence-electron chi connectivity index (χ2n) is 5.51. The fourth-order valence-electron chi connectivity index (χ4n) is 2.13. The van der Waals surface area contributed by atoms with Gasteiger partial charge in [-0.2, -0.15) is 8.42 Å². The Balaban J connectivity index is 1.79. The minimum absolute atomic E-state index is 0.122. The van der Waals surface area contributed by atoms with Gasteiger partial charge in [0.15, 0.2) is 0 Å². The van der Waals surface area contributed by atoms with E-state index >= 15 is 0 Å². The average molecular weight is 344 g/mol. The number of aromatic nitrogens is 4. The van der Waals surface area contributed by atoms with E-state index in [1.807, 2.05) is 13.8 Å². The molecular weight excluding hydrogens is 328 g/mol. The maximum absolute atomic E-state index is 12.3. The van der Waals surface area contributed by atoms with Crippen molar-refractivity contribution in [1.82, 2.24) is 20.2 Å². The van der Waals surface area contributed by atoms with Gasteiger partial charge in [-0.3, -0.25) is 0 Å². The van der Waals surface area contributed by atoms with Crippen LogP contribution in [-0.4, -0.2) is 28.6 Å². The zero-order valence-electron chi connectivity index (χ0n) is 13.2. The van der Waals surface area contributed by atoms with Gasteiger partial charge in [0.2, 0.25) is 0 Å². The molecule has 3 aromatic rings. The SMILES string of the molecule is CC(C)c1ccc(S(=O)(=O)Oc2ccc(-n3cnnn3)cc2)cc1. The van der Waals surface area contributed by atoms with Crippen LogP contribution in [0.2, 0.25) is 0 Å². The lowest BCUT2D eigenvalue weighted by molar-refractivity contribution is 0.486. The van der Waals surface area contributed by atoms with Crippen molar-refractivity contribution >= 4 is 10.1 Å². The van der Waals surface area contributed by atoms with Crippen LogP contribution in [0.1, 0.15) is 25.3 Å². The quantitative estimate of drug-likeness (QED) is 0.661. The first-order chi connectivity index (χ1) is 11.5. The summed E-state index contributed by atoms with van der Waals surface area (Å²) in [7, 11) is -3.87. The number of rotatable bonds is 5. The minimum Gasteiger partial charge on any atom is -0.379 e. The molecule has 0 saturated carbocycles. The van der Waals surface area contributed by atoms with Crippen LogP contribution in [0.5, 0.6) is 5.75 Å². The molecule has 8 heteroatoms. The molecule has 0 aliphatic rings. The second kappa shape index (κ2) is 6.40. The molecule has 124 valence electrons. The lowest BCUT2D eigenvalue weighted by Gasteiger charge is -2.09. The molecule has 7 nitrogen and oxygen atoms in total. The van der Waals surface area contributed by atoms with Crippen molar-refractivity contribution in [3.63, 3.8) is 0 Å². The minimum atomic E-state index is -3.87. The molecule has 0 saturated heterocycles. The molecule has 0 aliphatic carbocycles. The van der Waals surface area contributed by atoms with Gasteiger partial charge in [0.25, 0.3) is 0 Å². The molecule has 0 aliphatic heterocycles. The Morgan fingerprint density at radius 3 is 2.21 bits per heavy atom. The summed E-state index contributed by atoms with van der Waals surface area (Å²) in [5, 5.41) is 10.8. The molecule has 0 atom stereocenters. The summed E-state index contributed by atoms with van der Waals surface area (Å²) in [4.78, 5) is 0.122. The highest BCUT2D eigenvalue weighted by molar-refractivity contribution is 7.87. The summed E-state index contributed by atoms with van der Waals surface area (Å²) in [6.45, 7) is 4.10. The molecule has 0 unspecified atom stereocenters. The Kier molecular flexibility index (Phi) is 4.30. The van der Waals surface area contributed by atoms with Crippen LogP contribution in [0.4, 0.5) is 0 Å². The lowest BCUT2D eigenvalue weighted by Crippen LogP contribution is -2.10. The number of hydrogen-bond donors (Lipinski definition) is 0. The van der Waals surface area contributed by atoms with Gasteiger partial charge < -0.3 is 4.18 Å². The number of benzene rings is 2. The highest BCUT2D eigenvalue weighted by Gasteiger charge is 2.17. The van der Waals surface area contributed by atoms with E-state index in [1.54, 1.807) is 48.5 Å². The third-order valence-corrected chi connectivity index (χ3v) is 4.75. The standard InChI is InChI=1S/C16H16N4O3S/c1-12(2)13-3-9-16(10-4-13)24(21,22)23-15-7-5-14(6-8-15)20-11-17-18-19-20/h3-12H,1-2H3. The molecule has 1 heterocycles. The smallest absolute Gasteiger partial charge is 0.339 e. The van der Waals surface area contributed by atoms with Gasteiger partial charge >= 0.3 is 10.1 Å². The first-order valence-electron chi connectivity index (χ1n) is 7.33. The first-order valence-corrected chi connectivity index (χ1v) is 8.74. The predicted molar refractivity (Wildman–Crippen MR) is 87.5 cm³/mol. The Labute approximate surface area is 140 Å². The van der Waals surface area contributed by atoms with Crippen LogP contribution >= 0.6 is 0 Å². The Hall–Kier alpha value is -2.74. The van der Waals surface area contributed by atoms with Crippen molar-refractivity contribution in [3.05, 3.63) is 60.4 Å². The van der Waals surface area contributed by atoms with E-state index in [4.69, 9.17) is 4.18 Å². The fourth-order valence-corrected chi connectivity index (χ4v) is 3.06. The van der Waals surface area contributed by atoms with Crippen molar-refractivity contribution in [3.8, 4) is 11.4 Å². The van der Waals surface area contributed by atoms with Gasteiger partial charge in [-0.1, -0.05) is 26.0 Å². The number of nitrogens with zero attached hydrogens (tertiary/aromatic N) is 4. The predicted octanol–water partition coefficient (Wildman–Crippen LogP) is 2.55. The highest BCUT2D eigenvalue weighted by Crippen LogP contribution is 2.22. The van der Waals surface area contributed by atoms with Crippen molar-refractivity contribution in [2.45, 2.75) is 24.7 Å². The summed E-state index contributed by atoms with van der Waals surface area (Å²) in [6.07, 6.45) is 1.45. The van der Waals surface area contributed by atoms with E-state index in [-0.39, 0.29) is 10.6 Å². The van der Waals surface area contributed by atoms with Gasteiger partial charge in [-0.15, -0.1) is 5.10 Å². The van der Waals surface area contributed by atoms with E-state index < -0.39 is 10.1 Å². The maximum Gasteiger partial charge on any atom is 0.339 e. The third-order valence-electron chi connectivity index (χ3n) is 3.49.